The first-order valence-corrected chi connectivity index (χ1v) is 5.60. The molecule has 3 nitrogen and oxygen atoms in total. The summed E-state index contributed by atoms with van der Waals surface area (Å²) in [6, 6.07) is 0.246. The molecule has 0 aromatic rings. The summed E-state index contributed by atoms with van der Waals surface area (Å²) in [5.74, 6) is 0.635. The number of nitrogens with one attached hydrogen (secondary N) is 1. The Bertz CT molecular complexity index is 179. The van der Waals surface area contributed by atoms with Gasteiger partial charge in [0.25, 0.3) is 0 Å². The van der Waals surface area contributed by atoms with Crippen molar-refractivity contribution in [2.24, 2.45) is 11.7 Å². The van der Waals surface area contributed by atoms with Crippen LogP contribution in [-0.4, -0.2) is 43.7 Å². The van der Waals surface area contributed by atoms with Gasteiger partial charge in [-0.15, -0.1) is 0 Å². The average molecular weight is 199 g/mol. The Morgan fingerprint density at radius 1 is 1.50 bits per heavy atom. The molecule has 14 heavy (non-hydrogen) atoms. The van der Waals surface area contributed by atoms with Crippen molar-refractivity contribution in [3.63, 3.8) is 0 Å². The van der Waals surface area contributed by atoms with Gasteiger partial charge in [-0.25, -0.2) is 0 Å². The molecule has 1 fully saturated rings. The van der Waals surface area contributed by atoms with Gasteiger partial charge in [0.2, 0.25) is 0 Å². The number of hydrogen-bond acceptors (Lipinski definition) is 3. The summed E-state index contributed by atoms with van der Waals surface area (Å²) in [5, 5.41) is 3.31. The molecule has 84 valence electrons. The third-order valence-corrected chi connectivity index (χ3v) is 3.65. The van der Waals surface area contributed by atoms with Crippen LogP contribution in [0.1, 0.15) is 26.7 Å². The van der Waals surface area contributed by atoms with Crippen molar-refractivity contribution >= 4 is 0 Å². The first kappa shape index (κ1) is 12.0. The maximum Gasteiger partial charge on any atom is 0.0276 e. The molecule has 0 amide bonds. The van der Waals surface area contributed by atoms with Crippen LogP contribution in [0.5, 0.6) is 0 Å². The summed E-state index contributed by atoms with van der Waals surface area (Å²) in [4.78, 5) is 2.39. The molecule has 2 atom stereocenters. The highest BCUT2D eigenvalue weighted by atomic mass is 15.1. The van der Waals surface area contributed by atoms with Gasteiger partial charge < -0.3 is 16.0 Å². The summed E-state index contributed by atoms with van der Waals surface area (Å²) in [6.07, 6.45) is 2.56. The van der Waals surface area contributed by atoms with Gasteiger partial charge in [-0.3, -0.25) is 0 Å². The van der Waals surface area contributed by atoms with E-state index in [1.165, 1.54) is 19.4 Å². The van der Waals surface area contributed by atoms with Crippen molar-refractivity contribution in [2.75, 3.05) is 27.2 Å². The molecule has 1 saturated heterocycles. The molecule has 0 spiro atoms. The molecule has 0 saturated carbocycles. The van der Waals surface area contributed by atoms with Crippen LogP contribution < -0.4 is 11.1 Å². The summed E-state index contributed by atoms with van der Waals surface area (Å²) in [7, 11) is 4.18. The van der Waals surface area contributed by atoms with E-state index < -0.39 is 0 Å². The van der Waals surface area contributed by atoms with Gasteiger partial charge in [0.05, 0.1) is 0 Å². The highest BCUT2D eigenvalue weighted by molar-refractivity contribution is 4.94. The van der Waals surface area contributed by atoms with E-state index in [1.54, 1.807) is 0 Å². The van der Waals surface area contributed by atoms with Crippen LogP contribution in [0.3, 0.4) is 0 Å². The number of nitrogens with two attached hydrogens (primary N) is 1. The second-order valence-corrected chi connectivity index (χ2v) is 5.16. The maximum atomic E-state index is 6.31. The minimum Gasteiger partial charge on any atom is -0.326 e. The lowest BCUT2D eigenvalue weighted by molar-refractivity contribution is 0.150. The SMILES string of the molecule is CNC(C)(C)C(N)C1CCCN(C)C1. The van der Waals surface area contributed by atoms with Gasteiger partial charge in [-0.2, -0.15) is 0 Å². The molecule has 2 unspecified atom stereocenters. The summed E-state index contributed by atoms with van der Waals surface area (Å²) >= 11 is 0. The fraction of sp³-hybridized carbons (Fsp3) is 1.00. The van der Waals surface area contributed by atoms with E-state index in [4.69, 9.17) is 5.73 Å². The minimum absolute atomic E-state index is 0.0445. The highest BCUT2D eigenvalue weighted by Crippen LogP contribution is 2.23. The van der Waals surface area contributed by atoms with E-state index >= 15 is 0 Å². The first-order valence-electron chi connectivity index (χ1n) is 5.60. The van der Waals surface area contributed by atoms with Crippen molar-refractivity contribution in [1.82, 2.24) is 10.2 Å². The van der Waals surface area contributed by atoms with Crippen LogP contribution in [0.4, 0.5) is 0 Å². The van der Waals surface area contributed by atoms with E-state index in [0.717, 1.165) is 6.54 Å². The normalized spacial score (nSPS) is 27.6. The number of nitrogens with zero attached hydrogens (tertiary/aromatic N) is 1. The van der Waals surface area contributed by atoms with Crippen LogP contribution >= 0.6 is 0 Å². The molecular weight excluding hydrogens is 174 g/mol. The molecule has 1 aliphatic rings. The topological polar surface area (TPSA) is 41.3 Å². The molecule has 0 aromatic carbocycles. The maximum absolute atomic E-state index is 6.31. The quantitative estimate of drug-likeness (QED) is 0.701. The summed E-state index contributed by atoms with van der Waals surface area (Å²) in [5.41, 5.74) is 6.35. The van der Waals surface area contributed by atoms with Crippen molar-refractivity contribution in [3.05, 3.63) is 0 Å². The number of hydrogen-bond donors (Lipinski definition) is 2. The Kier molecular flexibility index (Phi) is 3.93. The lowest BCUT2D eigenvalue weighted by atomic mass is 9.81. The molecule has 1 aliphatic heterocycles. The zero-order valence-electron chi connectivity index (χ0n) is 10.0. The van der Waals surface area contributed by atoms with Crippen LogP contribution in [-0.2, 0) is 0 Å². The Morgan fingerprint density at radius 3 is 2.64 bits per heavy atom. The van der Waals surface area contributed by atoms with Crippen LogP contribution in [0.15, 0.2) is 0 Å². The van der Waals surface area contributed by atoms with Crippen molar-refractivity contribution < 1.29 is 0 Å². The number of likely N-dealkylation sites (tertiary alicyclic amines) is 1. The number of rotatable bonds is 3. The van der Waals surface area contributed by atoms with Crippen LogP contribution in [0.2, 0.25) is 0 Å². The Balaban J connectivity index is 2.55. The van der Waals surface area contributed by atoms with Gasteiger partial charge >= 0.3 is 0 Å². The fourth-order valence-corrected chi connectivity index (χ4v) is 2.26. The standard InChI is InChI=1S/C11H25N3/c1-11(2,13-3)10(12)9-6-5-7-14(4)8-9/h9-10,13H,5-8,12H2,1-4H3. The molecule has 0 aliphatic carbocycles. The number of likely N-dealkylation sites (N-methyl/N-ethyl adjacent to an activating group) is 1. The van der Waals surface area contributed by atoms with E-state index in [-0.39, 0.29) is 11.6 Å². The average Bonchev–Trinajstić information content (AvgIpc) is 2.16. The highest BCUT2D eigenvalue weighted by Gasteiger charge is 2.33. The van der Waals surface area contributed by atoms with Gasteiger partial charge in [0.15, 0.2) is 0 Å². The minimum atomic E-state index is 0.0445. The lowest BCUT2D eigenvalue weighted by Crippen LogP contribution is -2.58. The second kappa shape index (κ2) is 4.60. The Labute approximate surface area is 88.0 Å². The molecule has 0 radical (unpaired) electrons. The summed E-state index contributed by atoms with van der Waals surface area (Å²) < 4.78 is 0. The number of piperidine rings is 1. The van der Waals surface area contributed by atoms with Gasteiger partial charge in [-0.05, 0) is 53.2 Å². The Hall–Kier alpha value is -0.120. The molecule has 0 bridgehead atoms. The smallest absolute Gasteiger partial charge is 0.0276 e. The lowest BCUT2D eigenvalue weighted by Gasteiger charge is -2.41. The third kappa shape index (κ3) is 2.69. The molecule has 1 rings (SSSR count). The predicted octanol–water partition coefficient (Wildman–Crippen LogP) is 0.654. The molecular formula is C11H25N3. The van der Waals surface area contributed by atoms with Crippen LogP contribution in [0.25, 0.3) is 0 Å². The molecule has 0 aromatic heterocycles. The van der Waals surface area contributed by atoms with Gasteiger partial charge in [0, 0.05) is 18.1 Å². The monoisotopic (exact) mass is 199 g/mol. The van der Waals surface area contributed by atoms with Crippen molar-refractivity contribution in [3.8, 4) is 0 Å². The Morgan fingerprint density at radius 2 is 2.14 bits per heavy atom. The van der Waals surface area contributed by atoms with E-state index in [1.807, 2.05) is 7.05 Å². The fourth-order valence-electron chi connectivity index (χ4n) is 2.26. The predicted molar refractivity (Wildman–Crippen MR) is 61.3 cm³/mol. The summed E-state index contributed by atoms with van der Waals surface area (Å²) in [6.45, 7) is 6.74. The zero-order valence-corrected chi connectivity index (χ0v) is 10.0. The molecule has 3 heteroatoms. The van der Waals surface area contributed by atoms with E-state index in [0.29, 0.717) is 5.92 Å². The van der Waals surface area contributed by atoms with Crippen LogP contribution in [0, 0.1) is 5.92 Å². The van der Waals surface area contributed by atoms with Gasteiger partial charge in [0.1, 0.15) is 0 Å². The van der Waals surface area contributed by atoms with Crippen molar-refractivity contribution in [1.29, 1.82) is 0 Å². The van der Waals surface area contributed by atoms with Gasteiger partial charge in [-0.1, -0.05) is 0 Å². The first-order chi connectivity index (χ1) is 6.47. The second-order valence-electron chi connectivity index (χ2n) is 5.16. The van der Waals surface area contributed by atoms with Crippen molar-refractivity contribution in [2.45, 2.75) is 38.3 Å². The molecule has 3 N–H and O–H groups in total. The largest absolute Gasteiger partial charge is 0.326 e. The van der Waals surface area contributed by atoms with E-state index in [9.17, 15) is 0 Å². The third-order valence-electron chi connectivity index (χ3n) is 3.65. The zero-order chi connectivity index (χ0) is 10.8. The molecule has 1 heterocycles. The van der Waals surface area contributed by atoms with E-state index in [2.05, 4.69) is 31.1 Å².